The van der Waals surface area contributed by atoms with E-state index < -0.39 is 17.1 Å². The summed E-state index contributed by atoms with van der Waals surface area (Å²) in [6.45, 7) is 3.83. The number of aliphatic imine (C=N–C) groups is 1. The van der Waals surface area contributed by atoms with E-state index in [1.165, 1.54) is 0 Å². The Bertz CT molecular complexity index is 1480. The minimum atomic E-state index is -0.690. The first-order valence-electron chi connectivity index (χ1n) is 10.4. The first-order valence-corrected chi connectivity index (χ1v) is 12.2. The van der Waals surface area contributed by atoms with Crippen LogP contribution in [-0.2, 0) is 0 Å². The molecule has 0 fully saturated rings. The van der Waals surface area contributed by atoms with Gasteiger partial charge in [0.2, 0.25) is 5.88 Å². The van der Waals surface area contributed by atoms with Gasteiger partial charge in [0.05, 0.1) is 17.1 Å². The number of nitrogens with zero attached hydrogens (tertiary/aromatic N) is 2. The summed E-state index contributed by atoms with van der Waals surface area (Å²) in [7, 11) is 0. The van der Waals surface area contributed by atoms with Crippen molar-refractivity contribution < 1.29 is 5.11 Å². The van der Waals surface area contributed by atoms with Gasteiger partial charge in [0.15, 0.2) is 0 Å². The van der Waals surface area contributed by atoms with Crippen molar-refractivity contribution in [2.45, 2.75) is 30.4 Å². The van der Waals surface area contributed by atoms with E-state index in [1.54, 1.807) is 35.2 Å². The lowest BCUT2D eigenvalue weighted by molar-refractivity contribution is 0.429. The molecule has 3 heterocycles. The highest BCUT2D eigenvalue weighted by atomic mass is 32.2. The van der Waals surface area contributed by atoms with Crippen LogP contribution in [0.3, 0.4) is 0 Å². The number of aryl methyl sites for hydroxylation is 2. The third kappa shape index (κ3) is 4.07. The van der Waals surface area contributed by atoms with Crippen molar-refractivity contribution in [1.29, 1.82) is 0 Å². The zero-order valence-electron chi connectivity index (χ0n) is 18.0. The van der Waals surface area contributed by atoms with Gasteiger partial charge in [-0.15, -0.1) is 23.1 Å². The normalized spacial score (nSPS) is 15.6. The number of aromatic amines is 1. The highest BCUT2D eigenvalue weighted by Gasteiger charge is 2.28. The van der Waals surface area contributed by atoms with Gasteiger partial charge in [-0.05, 0) is 60.7 Å². The van der Waals surface area contributed by atoms with Crippen LogP contribution in [-0.4, -0.2) is 20.4 Å². The molecule has 2 aromatic carbocycles. The Morgan fingerprint density at radius 2 is 1.82 bits per heavy atom. The summed E-state index contributed by atoms with van der Waals surface area (Å²) in [5.41, 5.74) is 2.25. The number of benzene rings is 2. The summed E-state index contributed by atoms with van der Waals surface area (Å²) in [4.78, 5) is 35.1. The number of rotatable bonds is 3. The van der Waals surface area contributed by atoms with Crippen LogP contribution >= 0.6 is 23.1 Å². The lowest BCUT2D eigenvalue weighted by Gasteiger charge is -2.16. The van der Waals surface area contributed by atoms with E-state index in [1.807, 2.05) is 55.6 Å². The molecule has 0 unspecified atom stereocenters. The van der Waals surface area contributed by atoms with Gasteiger partial charge in [-0.25, -0.2) is 9.36 Å². The second-order valence-electron chi connectivity index (χ2n) is 7.99. The second kappa shape index (κ2) is 8.53. The Kier molecular flexibility index (Phi) is 5.55. The number of aromatic nitrogens is 2. The van der Waals surface area contributed by atoms with Gasteiger partial charge in [-0.2, -0.15) is 0 Å². The fourth-order valence-corrected chi connectivity index (χ4v) is 6.26. The third-order valence-electron chi connectivity index (χ3n) is 5.47. The molecule has 5 rings (SSSR count). The fourth-order valence-electron chi connectivity index (χ4n) is 4.11. The van der Waals surface area contributed by atoms with Gasteiger partial charge in [-0.3, -0.25) is 14.8 Å². The number of hydrogen-bond donors (Lipinski definition) is 2. The zero-order chi connectivity index (χ0) is 23.1. The van der Waals surface area contributed by atoms with E-state index in [-0.39, 0.29) is 10.8 Å². The topological polar surface area (TPSA) is 87.4 Å². The number of para-hydroxylation sites is 1. The number of thiophene rings is 1. The zero-order valence-corrected chi connectivity index (χ0v) is 19.7. The molecule has 2 N–H and O–H groups in total. The molecule has 0 radical (unpaired) electrons. The van der Waals surface area contributed by atoms with Crippen molar-refractivity contribution in [2.24, 2.45) is 4.99 Å². The van der Waals surface area contributed by atoms with Crippen molar-refractivity contribution in [3.05, 3.63) is 102 Å². The molecule has 1 aliphatic rings. The predicted molar refractivity (Wildman–Crippen MR) is 134 cm³/mol. The summed E-state index contributed by atoms with van der Waals surface area (Å²) < 4.78 is 1.14. The molecule has 0 bridgehead atoms. The van der Waals surface area contributed by atoms with Gasteiger partial charge in [0.1, 0.15) is 5.56 Å². The quantitative estimate of drug-likeness (QED) is 0.423. The largest absolute Gasteiger partial charge is 0.493 e. The summed E-state index contributed by atoms with van der Waals surface area (Å²) in [6, 6.07) is 17.4. The molecule has 2 aromatic heterocycles. The van der Waals surface area contributed by atoms with E-state index in [4.69, 9.17) is 4.99 Å². The summed E-state index contributed by atoms with van der Waals surface area (Å²) in [6.07, 6.45) is 0.432. The smallest absolute Gasteiger partial charge is 0.335 e. The van der Waals surface area contributed by atoms with Crippen LogP contribution in [0, 0.1) is 13.8 Å². The molecule has 0 spiro atoms. The Balaban J connectivity index is 1.73. The fraction of sp³-hybridized carbons (Fsp3) is 0.160. The Labute approximate surface area is 198 Å². The van der Waals surface area contributed by atoms with Crippen LogP contribution in [0.2, 0.25) is 0 Å². The first-order chi connectivity index (χ1) is 15.9. The number of nitrogens with one attached hydrogen (secondary N) is 1. The van der Waals surface area contributed by atoms with Crippen LogP contribution < -0.4 is 11.2 Å². The number of thioether (sulfide) groups is 1. The maximum atomic E-state index is 13.0. The maximum absolute atomic E-state index is 13.0. The van der Waals surface area contributed by atoms with Gasteiger partial charge in [0.25, 0.3) is 5.56 Å². The number of H-pyrrole nitrogens is 1. The van der Waals surface area contributed by atoms with Crippen molar-refractivity contribution in [3.63, 3.8) is 0 Å². The Morgan fingerprint density at radius 3 is 2.55 bits per heavy atom. The number of aromatic hydroxyl groups is 1. The molecule has 1 aliphatic heterocycles. The highest BCUT2D eigenvalue weighted by Crippen LogP contribution is 2.46. The minimum absolute atomic E-state index is 0.0209. The van der Waals surface area contributed by atoms with E-state index in [0.29, 0.717) is 17.8 Å². The molecule has 0 saturated heterocycles. The van der Waals surface area contributed by atoms with Crippen LogP contribution in [0.25, 0.3) is 5.69 Å². The van der Waals surface area contributed by atoms with Crippen molar-refractivity contribution in [2.75, 3.05) is 0 Å². The van der Waals surface area contributed by atoms with Crippen molar-refractivity contribution in [3.8, 4) is 11.6 Å². The second-order valence-corrected chi connectivity index (χ2v) is 10.2. The summed E-state index contributed by atoms with van der Waals surface area (Å²) in [5.74, 6) is -0.401. The molecule has 4 aromatic rings. The standard InChI is InChI=1S/C25H21N3O3S2/c1-14-10-15(2)12-16(11-14)28-24(30)22(23(29)27-25(28)31)18-13-21(20-8-5-9-32-20)33-19-7-4-3-6-17(19)26-18/h3-12,21,30H,13H2,1-2H3,(H,27,29,31)/t21-/m0/s1. The predicted octanol–water partition coefficient (Wildman–Crippen LogP) is 5.27. The highest BCUT2D eigenvalue weighted by molar-refractivity contribution is 7.99. The molecule has 6 nitrogen and oxygen atoms in total. The van der Waals surface area contributed by atoms with Gasteiger partial charge >= 0.3 is 5.69 Å². The third-order valence-corrected chi connectivity index (χ3v) is 7.91. The molecule has 166 valence electrons. The average Bonchev–Trinajstić information content (AvgIpc) is 3.21. The Morgan fingerprint density at radius 1 is 1.06 bits per heavy atom. The van der Waals surface area contributed by atoms with Gasteiger partial charge < -0.3 is 5.11 Å². The van der Waals surface area contributed by atoms with E-state index in [9.17, 15) is 14.7 Å². The maximum Gasteiger partial charge on any atom is 0.335 e. The molecule has 33 heavy (non-hydrogen) atoms. The van der Waals surface area contributed by atoms with E-state index in [0.717, 1.165) is 31.2 Å². The lowest BCUT2D eigenvalue weighted by Crippen LogP contribution is -2.33. The summed E-state index contributed by atoms with van der Waals surface area (Å²) in [5, 5.41) is 13.3. The van der Waals surface area contributed by atoms with Crippen LogP contribution in [0.1, 0.15) is 33.2 Å². The van der Waals surface area contributed by atoms with Crippen molar-refractivity contribution in [1.82, 2.24) is 9.55 Å². The van der Waals surface area contributed by atoms with E-state index >= 15 is 0 Å². The molecule has 0 aliphatic carbocycles. The first kappa shape index (κ1) is 21.5. The van der Waals surface area contributed by atoms with E-state index in [2.05, 4.69) is 11.1 Å². The van der Waals surface area contributed by atoms with Crippen LogP contribution in [0.15, 0.2) is 79.5 Å². The van der Waals surface area contributed by atoms with Crippen LogP contribution in [0.5, 0.6) is 5.88 Å². The summed E-state index contributed by atoms with van der Waals surface area (Å²) >= 11 is 3.33. The van der Waals surface area contributed by atoms with Gasteiger partial charge in [0, 0.05) is 21.4 Å². The van der Waals surface area contributed by atoms with Crippen LogP contribution in [0.4, 0.5) is 5.69 Å². The SMILES string of the molecule is Cc1cc(C)cc(-n2c(O)c(C3=Nc4ccccc4S[C@H](c4cccs4)C3)c(=O)[nH]c2=O)c1. The molecule has 0 saturated carbocycles. The monoisotopic (exact) mass is 475 g/mol. The number of fused-ring (bicyclic) bond motifs is 1. The molecular weight excluding hydrogens is 454 g/mol. The molecule has 1 atom stereocenters. The molecule has 8 heteroatoms. The van der Waals surface area contributed by atoms with Crippen molar-refractivity contribution >= 4 is 34.5 Å². The van der Waals surface area contributed by atoms with Gasteiger partial charge in [-0.1, -0.05) is 24.3 Å². The average molecular weight is 476 g/mol. The number of hydrogen-bond acceptors (Lipinski definition) is 6. The molecular formula is C25H21N3O3S2. The lowest BCUT2D eigenvalue weighted by atomic mass is 10.1. The molecule has 0 amide bonds. The minimum Gasteiger partial charge on any atom is -0.493 e. The Hall–Kier alpha value is -3.36.